The van der Waals surface area contributed by atoms with Gasteiger partial charge in [-0.05, 0) is 42.7 Å². The molecule has 1 saturated carbocycles. The summed E-state index contributed by atoms with van der Waals surface area (Å²) in [7, 11) is 0. The normalized spacial score (nSPS) is 14.9. The zero-order chi connectivity index (χ0) is 19.8. The molecular weight excluding hydrogens is 372 g/mol. The summed E-state index contributed by atoms with van der Waals surface area (Å²) in [5.41, 5.74) is 1.75. The molecule has 0 unspecified atom stereocenters. The molecule has 0 aromatic heterocycles. The Kier molecular flexibility index (Phi) is 7.11. The van der Waals surface area contributed by atoms with Gasteiger partial charge in [0.05, 0.1) is 0 Å². The first kappa shape index (κ1) is 20.0. The van der Waals surface area contributed by atoms with E-state index in [1.165, 1.54) is 6.42 Å². The van der Waals surface area contributed by atoms with Gasteiger partial charge in [-0.2, -0.15) is 5.26 Å². The van der Waals surface area contributed by atoms with Crippen LogP contribution in [0, 0.1) is 11.3 Å². The predicted molar refractivity (Wildman–Crippen MR) is 111 cm³/mol. The van der Waals surface area contributed by atoms with Gasteiger partial charge in [0.1, 0.15) is 24.0 Å². The molecule has 1 amide bonds. The summed E-state index contributed by atoms with van der Waals surface area (Å²) in [5.74, 6) is 0.343. The number of nitrogens with zero attached hydrogens (tertiary/aromatic N) is 1. The molecule has 144 valence electrons. The predicted octanol–water partition coefficient (Wildman–Crippen LogP) is 5.27. The summed E-state index contributed by atoms with van der Waals surface area (Å²) in [6, 6.07) is 17.0. The molecule has 0 heterocycles. The number of benzene rings is 2. The van der Waals surface area contributed by atoms with Gasteiger partial charge in [-0.3, -0.25) is 4.79 Å². The van der Waals surface area contributed by atoms with Crippen LogP contribution in [0.3, 0.4) is 0 Å². The zero-order valence-electron chi connectivity index (χ0n) is 15.7. The fourth-order valence-electron chi connectivity index (χ4n) is 3.30. The first-order chi connectivity index (χ1) is 13.7. The Bertz CT molecular complexity index is 895. The first-order valence-electron chi connectivity index (χ1n) is 9.54. The molecule has 2 aromatic carbocycles. The van der Waals surface area contributed by atoms with E-state index in [0.717, 1.165) is 36.8 Å². The van der Waals surface area contributed by atoms with E-state index in [-0.39, 0.29) is 17.5 Å². The molecule has 5 heteroatoms. The highest BCUT2D eigenvalue weighted by molar-refractivity contribution is 6.31. The van der Waals surface area contributed by atoms with Crippen molar-refractivity contribution in [2.75, 3.05) is 0 Å². The monoisotopic (exact) mass is 394 g/mol. The molecule has 0 saturated heterocycles. The minimum absolute atomic E-state index is 0.105. The Hall–Kier alpha value is -2.77. The van der Waals surface area contributed by atoms with Crippen LogP contribution in [-0.4, -0.2) is 11.9 Å². The summed E-state index contributed by atoms with van der Waals surface area (Å²) in [6.07, 6.45) is 7.03. The maximum atomic E-state index is 12.4. The van der Waals surface area contributed by atoms with Gasteiger partial charge in [0.2, 0.25) is 0 Å². The van der Waals surface area contributed by atoms with Crippen molar-refractivity contribution in [3.8, 4) is 11.8 Å². The number of nitrogens with one attached hydrogen (secondary N) is 1. The highest BCUT2D eigenvalue weighted by Gasteiger charge is 2.18. The minimum Gasteiger partial charge on any atom is -0.489 e. The van der Waals surface area contributed by atoms with E-state index < -0.39 is 0 Å². The summed E-state index contributed by atoms with van der Waals surface area (Å²) in [4.78, 5) is 12.4. The van der Waals surface area contributed by atoms with Gasteiger partial charge in [0.25, 0.3) is 5.91 Å². The van der Waals surface area contributed by atoms with Crippen LogP contribution >= 0.6 is 11.6 Å². The van der Waals surface area contributed by atoms with Crippen LogP contribution in [-0.2, 0) is 11.4 Å². The first-order valence-corrected chi connectivity index (χ1v) is 9.92. The van der Waals surface area contributed by atoms with Crippen molar-refractivity contribution in [1.82, 2.24) is 5.32 Å². The molecule has 4 nitrogen and oxygen atoms in total. The van der Waals surface area contributed by atoms with E-state index in [1.807, 2.05) is 54.6 Å². The topological polar surface area (TPSA) is 62.1 Å². The number of carbonyl (C=O) groups is 1. The van der Waals surface area contributed by atoms with Crippen molar-refractivity contribution in [2.45, 2.75) is 44.8 Å². The number of amides is 1. The van der Waals surface area contributed by atoms with E-state index in [0.29, 0.717) is 17.4 Å². The molecule has 1 N–H and O–H groups in total. The highest BCUT2D eigenvalue weighted by Crippen LogP contribution is 2.21. The fourth-order valence-corrected chi connectivity index (χ4v) is 3.49. The molecular formula is C23H23ClN2O2. The van der Waals surface area contributed by atoms with E-state index in [2.05, 4.69) is 5.32 Å². The van der Waals surface area contributed by atoms with Crippen LogP contribution in [0.25, 0.3) is 6.08 Å². The molecule has 0 spiro atoms. The number of hydrogen-bond donors (Lipinski definition) is 1. The lowest BCUT2D eigenvalue weighted by atomic mass is 9.95. The molecule has 0 radical (unpaired) electrons. The smallest absolute Gasteiger partial charge is 0.262 e. The van der Waals surface area contributed by atoms with Gasteiger partial charge in [0, 0.05) is 16.6 Å². The molecule has 28 heavy (non-hydrogen) atoms. The molecule has 0 atom stereocenters. The van der Waals surface area contributed by atoms with Crippen molar-refractivity contribution < 1.29 is 9.53 Å². The highest BCUT2D eigenvalue weighted by atomic mass is 35.5. The molecule has 1 aliphatic rings. The standard InChI is InChI=1S/C23H23ClN2O2/c24-22-12-5-4-8-18(22)16-28-21-11-6-7-17(14-21)13-19(15-25)23(27)26-20-9-2-1-3-10-20/h4-8,11-14,20H,1-3,9-10,16H2,(H,26,27)/b19-13-. The van der Waals surface area contributed by atoms with Crippen LogP contribution in [0.1, 0.15) is 43.2 Å². The Balaban J connectivity index is 1.66. The Morgan fingerprint density at radius 3 is 2.71 bits per heavy atom. The van der Waals surface area contributed by atoms with Gasteiger partial charge in [-0.1, -0.05) is 61.2 Å². The Morgan fingerprint density at radius 1 is 1.18 bits per heavy atom. The third-order valence-corrected chi connectivity index (χ3v) is 5.20. The van der Waals surface area contributed by atoms with E-state index in [9.17, 15) is 10.1 Å². The third-order valence-electron chi connectivity index (χ3n) is 4.83. The summed E-state index contributed by atoms with van der Waals surface area (Å²) >= 11 is 6.15. The van der Waals surface area contributed by atoms with Crippen molar-refractivity contribution in [1.29, 1.82) is 5.26 Å². The molecule has 2 aromatic rings. The maximum absolute atomic E-state index is 12.4. The van der Waals surface area contributed by atoms with Crippen molar-refractivity contribution >= 4 is 23.6 Å². The van der Waals surface area contributed by atoms with Gasteiger partial charge >= 0.3 is 0 Å². The van der Waals surface area contributed by atoms with Crippen LogP contribution in [0.15, 0.2) is 54.1 Å². The Morgan fingerprint density at radius 2 is 1.96 bits per heavy atom. The van der Waals surface area contributed by atoms with Crippen molar-refractivity contribution in [3.63, 3.8) is 0 Å². The number of ether oxygens (including phenoxy) is 1. The SMILES string of the molecule is N#C/C(=C/c1cccc(OCc2ccccc2Cl)c1)C(=O)NC1CCCCC1. The number of rotatable bonds is 6. The average molecular weight is 395 g/mol. The quantitative estimate of drug-likeness (QED) is 0.535. The minimum atomic E-state index is -0.309. The average Bonchev–Trinajstić information content (AvgIpc) is 2.72. The molecule has 3 rings (SSSR count). The van der Waals surface area contributed by atoms with Crippen LogP contribution in [0.5, 0.6) is 5.75 Å². The van der Waals surface area contributed by atoms with Gasteiger partial charge in [-0.25, -0.2) is 0 Å². The lowest BCUT2D eigenvalue weighted by Crippen LogP contribution is -2.36. The lowest BCUT2D eigenvalue weighted by molar-refractivity contribution is -0.117. The number of carbonyl (C=O) groups excluding carboxylic acids is 1. The second kappa shape index (κ2) is 9.96. The van der Waals surface area contributed by atoms with Crippen LogP contribution < -0.4 is 10.1 Å². The molecule has 1 aliphatic carbocycles. The van der Waals surface area contributed by atoms with Crippen molar-refractivity contribution in [2.24, 2.45) is 0 Å². The summed E-state index contributed by atoms with van der Waals surface area (Å²) < 4.78 is 5.81. The maximum Gasteiger partial charge on any atom is 0.262 e. The fraction of sp³-hybridized carbons (Fsp3) is 0.304. The number of halogens is 1. The number of nitriles is 1. The Labute approximate surface area is 170 Å². The van der Waals surface area contributed by atoms with Crippen molar-refractivity contribution in [3.05, 3.63) is 70.3 Å². The number of hydrogen-bond acceptors (Lipinski definition) is 3. The summed E-state index contributed by atoms with van der Waals surface area (Å²) in [6.45, 7) is 0.347. The van der Waals surface area contributed by atoms with Gasteiger partial charge in [-0.15, -0.1) is 0 Å². The van der Waals surface area contributed by atoms with E-state index >= 15 is 0 Å². The van der Waals surface area contributed by atoms with E-state index in [4.69, 9.17) is 16.3 Å². The second-order valence-corrected chi connectivity index (χ2v) is 7.34. The van der Waals surface area contributed by atoms with Gasteiger partial charge < -0.3 is 10.1 Å². The largest absolute Gasteiger partial charge is 0.489 e. The lowest BCUT2D eigenvalue weighted by Gasteiger charge is -2.22. The zero-order valence-corrected chi connectivity index (χ0v) is 16.4. The summed E-state index contributed by atoms with van der Waals surface area (Å²) in [5, 5.41) is 13.1. The molecule has 1 fully saturated rings. The van der Waals surface area contributed by atoms with Crippen LogP contribution in [0.2, 0.25) is 5.02 Å². The van der Waals surface area contributed by atoms with E-state index in [1.54, 1.807) is 6.08 Å². The second-order valence-electron chi connectivity index (χ2n) is 6.93. The molecule has 0 aliphatic heterocycles. The van der Waals surface area contributed by atoms with Gasteiger partial charge in [0.15, 0.2) is 0 Å². The van der Waals surface area contributed by atoms with Crippen LogP contribution in [0.4, 0.5) is 0 Å². The third kappa shape index (κ3) is 5.61. The molecule has 0 bridgehead atoms.